The molecule has 1 saturated carbocycles. The summed E-state index contributed by atoms with van der Waals surface area (Å²) in [4.78, 5) is 6.86. The number of hydrogen-bond acceptors (Lipinski definition) is 3. The molecule has 0 saturated heterocycles. The van der Waals surface area contributed by atoms with E-state index >= 15 is 0 Å². The summed E-state index contributed by atoms with van der Waals surface area (Å²) in [5.74, 6) is 0. The highest BCUT2D eigenvalue weighted by Crippen LogP contribution is 2.18. The lowest BCUT2D eigenvalue weighted by Gasteiger charge is -2.27. The zero-order valence-electron chi connectivity index (χ0n) is 10.9. The van der Waals surface area contributed by atoms with Crippen molar-refractivity contribution in [2.45, 2.75) is 45.3 Å². The summed E-state index contributed by atoms with van der Waals surface area (Å²) < 4.78 is 0. The summed E-state index contributed by atoms with van der Waals surface area (Å²) in [5.41, 5.74) is 1.16. The fraction of sp³-hybridized carbons (Fsp3) is 0.643. The SMILES string of the molecule is CCN(Cc1ccccn1)C(C)CNC1CC1. The maximum Gasteiger partial charge on any atom is 0.0544 e. The third kappa shape index (κ3) is 4.10. The Morgan fingerprint density at radius 2 is 2.29 bits per heavy atom. The highest BCUT2D eigenvalue weighted by atomic mass is 15.2. The monoisotopic (exact) mass is 233 g/mol. The van der Waals surface area contributed by atoms with Crippen molar-refractivity contribution in [3.05, 3.63) is 30.1 Å². The second kappa shape index (κ2) is 6.12. The minimum absolute atomic E-state index is 0.572. The Kier molecular flexibility index (Phi) is 4.51. The first-order chi connectivity index (χ1) is 8.29. The van der Waals surface area contributed by atoms with E-state index in [1.165, 1.54) is 12.8 Å². The molecule has 0 spiro atoms. The second-order valence-electron chi connectivity index (χ2n) is 4.92. The van der Waals surface area contributed by atoms with E-state index < -0.39 is 0 Å². The Morgan fingerprint density at radius 1 is 1.47 bits per heavy atom. The summed E-state index contributed by atoms with van der Waals surface area (Å²) in [6.07, 6.45) is 4.59. The molecule has 17 heavy (non-hydrogen) atoms. The fourth-order valence-corrected chi connectivity index (χ4v) is 2.03. The van der Waals surface area contributed by atoms with Gasteiger partial charge in [-0.05, 0) is 38.4 Å². The molecule has 0 bridgehead atoms. The summed E-state index contributed by atoms with van der Waals surface area (Å²) in [7, 11) is 0. The lowest BCUT2D eigenvalue weighted by Crippen LogP contribution is -2.40. The van der Waals surface area contributed by atoms with Crippen molar-refractivity contribution in [3.8, 4) is 0 Å². The number of aromatic nitrogens is 1. The van der Waals surface area contributed by atoms with Gasteiger partial charge in [0.05, 0.1) is 5.69 Å². The second-order valence-corrected chi connectivity index (χ2v) is 4.92. The summed E-state index contributed by atoms with van der Waals surface area (Å²) in [6.45, 7) is 7.62. The van der Waals surface area contributed by atoms with Crippen molar-refractivity contribution in [3.63, 3.8) is 0 Å². The van der Waals surface area contributed by atoms with Crippen molar-refractivity contribution in [2.75, 3.05) is 13.1 Å². The molecular formula is C14H23N3. The number of nitrogens with zero attached hydrogens (tertiary/aromatic N) is 2. The van der Waals surface area contributed by atoms with Crippen LogP contribution < -0.4 is 5.32 Å². The third-order valence-electron chi connectivity index (χ3n) is 3.40. The van der Waals surface area contributed by atoms with E-state index in [9.17, 15) is 0 Å². The fourth-order valence-electron chi connectivity index (χ4n) is 2.03. The summed E-state index contributed by atoms with van der Waals surface area (Å²) >= 11 is 0. The van der Waals surface area contributed by atoms with Gasteiger partial charge in [-0.3, -0.25) is 9.88 Å². The van der Waals surface area contributed by atoms with Crippen LogP contribution in [0.25, 0.3) is 0 Å². The van der Waals surface area contributed by atoms with Gasteiger partial charge in [-0.25, -0.2) is 0 Å². The van der Waals surface area contributed by atoms with E-state index in [1.54, 1.807) is 0 Å². The van der Waals surface area contributed by atoms with Gasteiger partial charge in [-0.1, -0.05) is 13.0 Å². The van der Waals surface area contributed by atoms with Gasteiger partial charge in [0.25, 0.3) is 0 Å². The zero-order chi connectivity index (χ0) is 12.1. The topological polar surface area (TPSA) is 28.2 Å². The van der Waals surface area contributed by atoms with Gasteiger partial charge in [0.15, 0.2) is 0 Å². The smallest absolute Gasteiger partial charge is 0.0544 e. The molecule has 0 amide bonds. The number of rotatable bonds is 7. The molecule has 1 unspecified atom stereocenters. The molecule has 1 aromatic rings. The van der Waals surface area contributed by atoms with Crippen LogP contribution in [0.15, 0.2) is 24.4 Å². The highest BCUT2D eigenvalue weighted by Gasteiger charge is 2.22. The zero-order valence-corrected chi connectivity index (χ0v) is 10.9. The first-order valence-electron chi connectivity index (χ1n) is 6.67. The van der Waals surface area contributed by atoms with Crippen molar-refractivity contribution in [1.29, 1.82) is 0 Å². The number of likely N-dealkylation sites (N-methyl/N-ethyl adjacent to an activating group) is 1. The highest BCUT2D eigenvalue weighted by molar-refractivity contribution is 5.03. The van der Waals surface area contributed by atoms with Crippen LogP contribution in [0.5, 0.6) is 0 Å². The quantitative estimate of drug-likeness (QED) is 0.781. The van der Waals surface area contributed by atoms with Gasteiger partial charge in [0, 0.05) is 31.4 Å². The van der Waals surface area contributed by atoms with E-state index in [-0.39, 0.29) is 0 Å². The van der Waals surface area contributed by atoms with Crippen LogP contribution in [0.2, 0.25) is 0 Å². The Hall–Kier alpha value is -0.930. The molecule has 2 rings (SSSR count). The number of pyridine rings is 1. The van der Waals surface area contributed by atoms with E-state index in [0.29, 0.717) is 6.04 Å². The Balaban J connectivity index is 1.81. The molecule has 1 N–H and O–H groups in total. The molecule has 1 aliphatic rings. The maximum absolute atomic E-state index is 4.39. The first-order valence-corrected chi connectivity index (χ1v) is 6.67. The van der Waals surface area contributed by atoms with E-state index in [2.05, 4.69) is 41.2 Å². The minimum Gasteiger partial charge on any atom is -0.312 e. The lowest BCUT2D eigenvalue weighted by molar-refractivity contribution is 0.203. The Bertz CT molecular complexity index is 321. The van der Waals surface area contributed by atoms with E-state index in [0.717, 1.165) is 31.4 Å². The van der Waals surface area contributed by atoms with Crippen LogP contribution in [-0.2, 0) is 6.54 Å². The van der Waals surface area contributed by atoms with Gasteiger partial charge in [-0.2, -0.15) is 0 Å². The van der Waals surface area contributed by atoms with Gasteiger partial charge < -0.3 is 5.32 Å². The lowest BCUT2D eigenvalue weighted by atomic mass is 10.2. The number of nitrogens with one attached hydrogen (secondary N) is 1. The largest absolute Gasteiger partial charge is 0.312 e. The Morgan fingerprint density at radius 3 is 2.88 bits per heavy atom. The summed E-state index contributed by atoms with van der Waals surface area (Å²) in [5, 5.41) is 3.59. The van der Waals surface area contributed by atoms with Crippen LogP contribution in [0.3, 0.4) is 0 Å². The minimum atomic E-state index is 0.572. The molecule has 1 aliphatic carbocycles. The van der Waals surface area contributed by atoms with E-state index in [1.807, 2.05) is 12.3 Å². The molecule has 0 aromatic carbocycles. The molecule has 94 valence electrons. The van der Waals surface area contributed by atoms with Crippen molar-refractivity contribution >= 4 is 0 Å². The molecule has 3 nitrogen and oxygen atoms in total. The number of hydrogen-bond donors (Lipinski definition) is 1. The molecule has 1 heterocycles. The van der Waals surface area contributed by atoms with Gasteiger partial charge in [0.2, 0.25) is 0 Å². The molecule has 1 aromatic heterocycles. The standard InChI is InChI=1S/C14H23N3/c1-3-17(11-14-6-4-5-9-15-14)12(2)10-16-13-7-8-13/h4-6,9,12-13,16H,3,7-8,10-11H2,1-2H3. The van der Waals surface area contributed by atoms with Crippen molar-refractivity contribution in [1.82, 2.24) is 15.2 Å². The van der Waals surface area contributed by atoms with Crippen LogP contribution in [0, 0.1) is 0 Å². The molecule has 0 radical (unpaired) electrons. The van der Waals surface area contributed by atoms with Gasteiger partial charge >= 0.3 is 0 Å². The third-order valence-corrected chi connectivity index (χ3v) is 3.40. The van der Waals surface area contributed by atoms with Crippen LogP contribution >= 0.6 is 0 Å². The molecule has 1 atom stereocenters. The predicted molar refractivity (Wildman–Crippen MR) is 70.8 cm³/mol. The maximum atomic E-state index is 4.39. The average Bonchev–Trinajstić information content (AvgIpc) is 3.18. The molecule has 3 heteroatoms. The van der Waals surface area contributed by atoms with Crippen LogP contribution in [0.1, 0.15) is 32.4 Å². The van der Waals surface area contributed by atoms with Crippen LogP contribution in [0.4, 0.5) is 0 Å². The van der Waals surface area contributed by atoms with Gasteiger partial charge in [0.1, 0.15) is 0 Å². The summed E-state index contributed by atoms with van der Waals surface area (Å²) in [6, 6.07) is 7.50. The molecular weight excluding hydrogens is 210 g/mol. The van der Waals surface area contributed by atoms with E-state index in [4.69, 9.17) is 0 Å². The predicted octanol–water partition coefficient (Wildman–Crippen LogP) is 2.04. The van der Waals surface area contributed by atoms with Gasteiger partial charge in [-0.15, -0.1) is 0 Å². The van der Waals surface area contributed by atoms with Crippen molar-refractivity contribution < 1.29 is 0 Å². The molecule has 1 fully saturated rings. The van der Waals surface area contributed by atoms with Crippen LogP contribution in [-0.4, -0.2) is 35.1 Å². The van der Waals surface area contributed by atoms with Crippen molar-refractivity contribution in [2.24, 2.45) is 0 Å². The first kappa shape index (κ1) is 12.5. The Labute approximate surface area is 104 Å². The average molecular weight is 233 g/mol. The molecule has 0 aliphatic heterocycles. The normalized spacial score (nSPS) is 17.4.